The second-order valence-corrected chi connectivity index (χ2v) is 4.37. The highest BCUT2D eigenvalue weighted by Gasteiger charge is 2.06. The van der Waals surface area contributed by atoms with Crippen molar-refractivity contribution in [3.05, 3.63) is 28.8 Å². The van der Waals surface area contributed by atoms with Crippen LogP contribution < -0.4 is 5.32 Å². The second-order valence-electron chi connectivity index (χ2n) is 3.94. The molecule has 0 radical (unpaired) electrons. The van der Waals surface area contributed by atoms with E-state index in [2.05, 4.69) is 5.32 Å². The Kier molecular flexibility index (Phi) is 4.62. The fraction of sp³-hybridized carbons (Fsp3) is 0.417. The molecule has 1 rings (SSSR count). The Balaban J connectivity index is 2.55. The predicted octanol–water partition coefficient (Wildman–Crippen LogP) is 3.31. The van der Waals surface area contributed by atoms with Crippen LogP contribution >= 0.6 is 11.6 Å². The molecule has 0 amide bonds. The molecule has 0 aromatic heterocycles. The van der Waals surface area contributed by atoms with Crippen LogP contribution in [0.1, 0.15) is 25.3 Å². The normalized spacial score (nSPS) is 12.2. The number of carbonyl (C=O) groups is 1. The summed E-state index contributed by atoms with van der Waals surface area (Å²) in [6, 6.07) is 5.75. The second kappa shape index (κ2) is 5.75. The molecule has 4 heteroatoms. The number of carboxylic acids is 1. The van der Waals surface area contributed by atoms with E-state index in [1.165, 1.54) is 0 Å². The summed E-state index contributed by atoms with van der Waals surface area (Å²) in [5.41, 5.74) is 2.07. The summed E-state index contributed by atoms with van der Waals surface area (Å²) in [5, 5.41) is 12.6. The number of anilines is 1. The minimum Gasteiger partial charge on any atom is -0.481 e. The molecule has 0 heterocycles. The zero-order valence-electron chi connectivity index (χ0n) is 9.46. The molecule has 0 bridgehead atoms. The van der Waals surface area contributed by atoms with Gasteiger partial charge in [0.15, 0.2) is 0 Å². The van der Waals surface area contributed by atoms with Gasteiger partial charge in [0.25, 0.3) is 0 Å². The van der Waals surface area contributed by atoms with Gasteiger partial charge in [-0.25, -0.2) is 0 Å². The SMILES string of the molecule is Cc1cc(Cl)ccc1NC(C)CCC(=O)O. The molecule has 88 valence electrons. The smallest absolute Gasteiger partial charge is 0.303 e. The zero-order chi connectivity index (χ0) is 12.1. The van der Waals surface area contributed by atoms with Crippen LogP contribution in [0.15, 0.2) is 18.2 Å². The summed E-state index contributed by atoms with van der Waals surface area (Å²) in [4.78, 5) is 10.4. The van der Waals surface area contributed by atoms with Crippen LogP contribution in [0.2, 0.25) is 5.02 Å². The number of hydrogen-bond donors (Lipinski definition) is 2. The Morgan fingerprint density at radius 2 is 2.25 bits per heavy atom. The Bertz CT molecular complexity index is 379. The van der Waals surface area contributed by atoms with Gasteiger partial charge < -0.3 is 10.4 Å². The molecule has 0 saturated carbocycles. The highest BCUT2D eigenvalue weighted by atomic mass is 35.5. The zero-order valence-corrected chi connectivity index (χ0v) is 10.2. The predicted molar refractivity (Wildman–Crippen MR) is 66.1 cm³/mol. The molecule has 2 N–H and O–H groups in total. The number of carboxylic acid groups (broad SMARTS) is 1. The number of aryl methyl sites for hydroxylation is 1. The molecule has 0 fully saturated rings. The van der Waals surface area contributed by atoms with E-state index in [1.807, 2.05) is 32.0 Å². The van der Waals surface area contributed by atoms with Crippen molar-refractivity contribution in [1.29, 1.82) is 0 Å². The van der Waals surface area contributed by atoms with Gasteiger partial charge >= 0.3 is 5.97 Å². The number of rotatable bonds is 5. The molecule has 0 aliphatic rings. The lowest BCUT2D eigenvalue weighted by Crippen LogP contribution is -2.17. The van der Waals surface area contributed by atoms with Gasteiger partial charge in [0.05, 0.1) is 0 Å². The van der Waals surface area contributed by atoms with Gasteiger partial charge in [0, 0.05) is 23.2 Å². The standard InChI is InChI=1S/C12H16ClNO2/c1-8-7-10(13)4-5-11(8)14-9(2)3-6-12(15)16/h4-5,7,9,14H,3,6H2,1-2H3,(H,15,16). The van der Waals surface area contributed by atoms with E-state index in [9.17, 15) is 4.79 Å². The van der Waals surface area contributed by atoms with Crippen molar-refractivity contribution >= 4 is 23.3 Å². The first-order chi connectivity index (χ1) is 7.49. The Morgan fingerprint density at radius 3 is 2.81 bits per heavy atom. The van der Waals surface area contributed by atoms with Crippen molar-refractivity contribution < 1.29 is 9.90 Å². The Labute approximate surface area is 100 Å². The fourth-order valence-corrected chi connectivity index (χ4v) is 1.69. The van der Waals surface area contributed by atoms with Gasteiger partial charge in [-0.3, -0.25) is 4.79 Å². The molecule has 0 saturated heterocycles. The van der Waals surface area contributed by atoms with Crippen molar-refractivity contribution in [1.82, 2.24) is 0 Å². The lowest BCUT2D eigenvalue weighted by Gasteiger charge is -2.16. The molecule has 1 unspecified atom stereocenters. The van der Waals surface area contributed by atoms with Crippen LogP contribution in [0.5, 0.6) is 0 Å². The Hall–Kier alpha value is -1.22. The maximum Gasteiger partial charge on any atom is 0.303 e. The molecule has 0 spiro atoms. The molecular formula is C12H16ClNO2. The lowest BCUT2D eigenvalue weighted by molar-refractivity contribution is -0.137. The number of nitrogens with one attached hydrogen (secondary N) is 1. The summed E-state index contributed by atoms with van der Waals surface area (Å²) in [6.07, 6.45) is 0.790. The first kappa shape index (κ1) is 12.8. The van der Waals surface area contributed by atoms with E-state index in [0.717, 1.165) is 11.3 Å². The lowest BCUT2D eigenvalue weighted by atomic mass is 10.1. The van der Waals surface area contributed by atoms with Crippen LogP contribution in [0.25, 0.3) is 0 Å². The third-order valence-electron chi connectivity index (χ3n) is 2.38. The highest BCUT2D eigenvalue weighted by molar-refractivity contribution is 6.30. The van der Waals surface area contributed by atoms with E-state index in [0.29, 0.717) is 11.4 Å². The number of halogens is 1. The minimum atomic E-state index is -0.763. The van der Waals surface area contributed by atoms with E-state index in [4.69, 9.17) is 16.7 Å². The van der Waals surface area contributed by atoms with Gasteiger partial charge in [0.1, 0.15) is 0 Å². The van der Waals surface area contributed by atoms with Crippen molar-refractivity contribution in [2.75, 3.05) is 5.32 Å². The first-order valence-electron chi connectivity index (χ1n) is 5.23. The van der Waals surface area contributed by atoms with Gasteiger partial charge in [-0.05, 0) is 44.0 Å². The van der Waals surface area contributed by atoms with E-state index in [-0.39, 0.29) is 12.5 Å². The van der Waals surface area contributed by atoms with E-state index in [1.54, 1.807) is 0 Å². The first-order valence-corrected chi connectivity index (χ1v) is 5.61. The maximum atomic E-state index is 10.4. The quantitative estimate of drug-likeness (QED) is 0.832. The average Bonchev–Trinajstić information content (AvgIpc) is 2.19. The summed E-state index contributed by atoms with van der Waals surface area (Å²) in [7, 11) is 0. The van der Waals surface area contributed by atoms with E-state index >= 15 is 0 Å². The molecule has 1 atom stereocenters. The van der Waals surface area contributed by atoms with Gasteiger partial charge in [-0.2, -0.15) is 0 Å². The largest absolute Gasteiger partial charge is 0.481 e. The summed E-state index contributed by atoms with van der Waals surface area (Å²) in [6.45, 7) is 3.94. The van der Waals surface area contributed by atoms with Crippen LogP contribution in [-0.4, -0.2) is 17.1 Å². The van der Waals surface area contributed by atoms with Crippen molar-refractivity contribution in [3.63, 3.8) is 0 Å². The number of benzene rings is 1. The average molecular weight is 242 g/mol. The minimum absolute atomic E-state index is 0.135. The van der Waals surface area contributed by atoms with Crippen LogP contribution in [0.3, 0.4) is 0 Å². The van der Waals surface area contributed by atoms with Crippen molar-refractivity contribution in [3.8, 4) is 0 Å². The highest BCUT2D eigenvalue weighted by Crippen LogP contribution is 2.20. The molecule has 1 aromatic rings. The Morgan fingerprint density at radius 1 is 1.56 bits per heavy atom. The van der Waals surface area contributed by atoms with E-state index < -0.39 is 5.97 Å². The molecule has 16 heavy (non-hydrogen) atoms. The number of hydrogen-bond acceptors (Lipinski definition) is 2. The molecule has 0 aliphatic heterocycles. The maximum absolute atomic E-state index is 10.4. The van der Waals surface area contributed by atoms with Crippen LogP contribution in [0.4, 0.5) is 5.69 Å². The summed E-state index contributed by atoms with van der Waals surface area (Å²) in [5.74, 6) is -0.763. The monoisotopic (exact) mass is 241 g/mol. The molecular weight excluding hydrogens is 226 g/mol. The molecule has 0 aliphatic carbocycles. The third-order valence-corrected chi connectivity index (χ3v) is 2.62. The summed E-state index contributed by atoms with van der Waals surface area (Å²) < 4.78 is 0. The third kappa shape index (κ3) is 4.11. The van der Waals surface area contributed by atoms with Crippen LogP contribution in [-0.2, 0) is 4.79 Å². The summed E-state index contributed by atoms with van der Waals surface area (Å²) >= 11 is 5.85. The van der Waals surface area contributed by atoms with Crippen LogP contribution in [0, 0.1) is 6.92 Å². The van der Waals surface area contributed by atoms with Gasteiger partial charge in [0.2, 0.25) is 0 Å². The fourth-order valence-electron chi connectivity index (χ4n) is 1.47. The van der Waals surface area contributed by atoms with Crippen molar-refractivity contribution in [2.45, 2.75) is 32.7 Å². The number of aliphatic carboxylic acids is 1. The topological polar surface area (TPSA) is 49.3 Å². The van der Waals surface area contributed by atoms with Gasteiger partial charge in [-0.15, -0.1) is 0 Å². The van der Waals surface area contributed by atoms with Crippen molar-refractivity contribution in [2.24, 2.45) is 0 Å². The van der Waals surface area contributed by atoms with Gasteiger partial charge in [-0.1, -0.05) is 11.6 Å². The molecule has 3 nitrogen and oxygen atoms in total. The molecule has 1 aromatic carbocycles.